The van der Waals surface area contributed by atoms with Crippen molar-refractivity contribution in [2.24, 2.45) is 4.36 Å². The van der Waals surface area contributed by atoms with Gasteiger partial charge in [0, 0.05) is 5.56 Å². The maximum absolute atomic E-state index is 12.3. The molecule has 0 aliphatic carbocycles. The van der Waals surface area contributed by atoms with Crippen molar-refractivity contribution in [1.29, 1.82) is 0 Å². The van der Waals surface area contributed by atoms with Crippen LogP contribution >= 0.6 is 0 Å². The summed E-state index contributed by atoms with van der Waals surface area (Å²) in [6.07, 6.45) is 2.04. The molecule has 0 aliphatic rings. The number of hydrogen-bond acceptors (Lipinski definition) is 5. The van der Waals surface area contributed by atoms with Crippen molar-refractivity contribution >= 4 is 40.0 Å². The van der Waals surface area contributed by atoms with Gasteiger partial charge in [-0.2, -0.15) is 12.8 Å². The third-order valence-electron chi connectivity index (χ3n) is 4.13. The van der Waals surface area contributed by atoms with E-state index in [2.05, 4.69) is 34.1 Å². The van der Waals surface area contributed by atoms with Crippen LogP contribution in [0, 0.1) is 6.92 Å². The van der Waals surface area contributed by atoms with Crippen LogP contribution in [0.1, 0.15) is 21.5 Å². The molecule has 3 aromatic rings. The number of para-hydroxylation sites is 2. The smallest absolute Gasteiger partial charge is 0.409 e. The predicted octanol–water partition coefficient (Wildman–Crippen LogP) is 5.10. The molecule has 3 rings (SSSR count). The molecule has 33 heavy (non-hydrogen) atoms. The number of anilines is 2. The second-order valence-electron chi connectivity index (χ2n) is 6.64. The fourth-order valence-electron chi connectivity index (χ4n) is 2.58. The second kappa shape index (κ2) is 13.2. The Morgan fingerprint density at radius 3 is 1.97 bits per heavy atom. The number of benzene rings is 3. The van der Waals surface area contributed by atoms with Crippen molar-refractivity contribution in [1.82, 2.24) is 0 Å². The first-order chi connectivity index (χ1) is 15.8. The van der Waals surface area contributed by atoms with Crippen LogP contribution in [0.25, 0.3) is 6.08 Å². The molecule has 0 unspecified atom stereocenters. The Kier molecular flexibility index (Phi) is 10.0. The van der Waals surface area contributed by atoms with Gasteiger partial charge >= 0.3 is 16.6 Å². The molecule has 3 N–H and O–H groups in total. The van der Waals surface area contributed by atoms with Crippen LogP contribution in [0.5, 0.6) is 0 Å². The molecule has 3 aromatic carbocycles. The monoisotopic (exact) mass is 465 g/mol. The van der Waals surface area contributed by atoms with Crippen LogP contribution in [0.2, 0.25) is 0 Å². The van der Waals surface area contributed by atoms with Crippen LogP contribution in [-0.4, -0.2) is 32.1 Å². The van der Waals surface area contributed by atoms with Crippen molar-refractivity contribution in [2.45, 2.75) is 6.92 Å². The van der Waals surface area contributed by atoms with Crippen molar-refractivity contribution < 1.29 is 23.1 Å². The van der Waals surface area contributed by atoms with Crippen LogP contribution in [-0.2, 0) is 10.5 Å². The molecule has 0 saturated carbocycles. The van der Waals surface area contributed by atoms with Gasteiger partial charge in [0.05, 0.1) is 17.9 Å². The lowest BCUT2D eigenvalue weighted by Gasteiger charge is -2.10. The van der Waals surface area contributed by atoms with E-state index in [-0.39, 0.29) is 12.2 Å². The number of aryl methyl sites for hydroxylation is 1. The van der Waals surface area contributed by atoms with Crippen molar-refractivity contribution in [3.63, 3.8) is 0 Å². The van der Waals surface area contributed by atoms with Gasteiger partial charge in [-0.1, -0.05) is 72.3 Å². The molecule has 0 fully saturated rings. The molecule has 0 atom stereocenters. The summed E-state index contributed by atoms with van der Waals surface area (Å²) in [6.45, 7) is 2.13. The fraction of sp³-hybridized carbons (Fsp3) is 0.0833. The first-order valence-electron chi connectivity index (χ1n) is 9.80. The van der Waals surface area contributed by atoms with Gasteiger partial charge in [0.1, 0.15) is 0 Å². The largest absolute Gasteiger partial charge is 0.465 e. The number of nitrogens with zero attached hydrogens (tertiary/aromatic N) is 1. The average molecular weight is 466 g/mol. The minimum absolute atomic E-state index is 0.0473. The molecular weight excluding hydrogens is 442 g/mol. The normalized spacial score (nSPS) is 9.97. The first-order valence-corrected chi connectivity index (χ1v) is 10.8. The summed E-state index contributed by atoms with van der Waals surface area (Å²) in [7, 11) is -2.43. The van der Waals surface area contributed by atoms with Crippen LogP contribution in [0.4, 0.5) is 16.2 Å². The molecule has 2 amide bonds. The molecule has 0 radical (unpaired) electrons. The number of rotatable bonds is 6. The Morgan fingerprint density at radius 2 is 1.45 bits per heavy atom. The number of nitrogens with one attached hydrogen (secondary N) is 2. The zero-order valence-electron chi connectivity index (χ0n) is 17.8. The third-order valence-corrected chi connectivity index (χ3v) is 4.49. The highest BCUT2D eigenvalue weighted by Crippen LogP contribution is 2.21. The van der Waals surface area contributed by atoms with Crippen LogP contribution in [0.3, 0.4) is 0 Å². The number of amides is 2. The maximum atomic E-state index is 12.3. The van der Waals surface area contributed by atoms with E-state index in [0.29, 0.717) is 11.3 Å². The molecular formula is C24H23N3O5S. The van der Waals surface area contributed by atoms with Gasteiger partial charge in [0.2, 0.25) is 0 Å². The van der Waals surface area contributed by atoms with E-state index in [1.165, 1.54) is 11.6 Å². The standard InChI is InChI=1S/C17H15N3O5S.C7H8/c21-16(19-14-5-1-2-6-15(14)20-17(22)23)13-9-7-12(8-10-13)4-3-11-18-26(24)25;1-7-5-3-2-4-6-7/h1-10,20H,11H2,(H,19,21)(H,22,23);2-6H,1H3. The Morgan fingerprint density at radius 1 is 0.879 bits per heavy atom. The van der Waals surface area contributed by atoms with Crippen molar-refractivity contribution in [3.05, 3.63) is 102 Å². The van der Waals surface area contributed by atoms with E-state index >= 15 is 0 Å². The Balaban J connectivity index is 0.000000468. The summed E-state index contributed by atoms with van der Waals surface area (Å²) >= 11 is 0. The second-order valence-corrected chi connectivity index (χ2v) is 7.33. The minimum Gasteiger partial charge on any atom is -0.465 e. The summed E-state index contributed by atoms with van der Waals surface area (Å²) in [5.74, 6) is -0.392. The molecule has 9 heteroatoms. The van der Waals surface area contributed by atoms with Gasteiger partial charge in [-0.3, -0.25) is 10.1 Å². The number of carboxylic acid groups (broad SMARTS) is 1. The summed E-state index contributed by atoms with van der Waals surface area (Å²) < 4.78 is 23.8. The highest BCUT2D eigenvalue weighted by atomic mass is 32.2. The number of hydrogen-bond donors (Lipinski definition) is 3. The van der Waals surface area contributed by atoms with E-state index in [1.54, 1.807) is 54.6 Å². The Bertz CT molecular complexity index is 1230. The highest BCUT2D eigenvalue weighted by molar-refractivity contribution is 7.61. The number of carbonyl (C=O) groups is 2. The van der Waals surface area contributed by atoms with Crippen LogP contribution in [0.15, 0.2) is 89.3 Å². The minimum atomic E-state index is -2.43. The topological polar surface area (TPSA) is 125 Å². The summed E-state index contributed by atoms with van der Waals surface area (Å²) in [6, 6.07) is 23.3. The van der Waals surface area contributed by atoms with Gasteiger partial charge in [0.15, 0.2) is 0 Å². The zero-order chi connectivity index (χ0) is 24.1. The van der Waals surface area contributed by atoms with Gasteiger partial charge in [0.25, 0.3) is 5.91 Å². The van der Waals surface area contributed by atoms with Gasteiger partial charge in [-0.05, 0) is 36.8 Å². The lowest BCUT2D eigenvalue weighted by Crippen LogP contribution is -2.15. The molecule has 0 spiro atoms. The van der Waals surface area contributed by atoms with E-state index in [0.717, 1.165) is 5.56 Å². The van der Waals surface area contributed by atoms with Gasteiger partial charge in [-0.25, -0.2) is 4.79 Å². The molecule has 170 valence electrons. The average Bonchev–Trinajstić information content (AvgIpc) is 2.79. The fourth-order valence-corrected chi connectivity index (χ4v) is 2.79. The number of carbonyl (C=O) groups excluding carboxylic acids is 1. The molecule has 0 saturated heterocycles. The lowest BCUT2D eigenvalue weighted by molar-refractivity contribution is 0.102. The van der Waals surface area contributed by atoms with E-state index < -0.39 is 22.5 Å². The SMILES string of the molecule is Cc1ccccc1.O=C(O)Nc1ccccc1NC(=O)c1ccc(C=CCN=S(=O)=O)cc1. The van der Waals surface area contributed by atoms with E-state index in [9.17, 15) is 18.0 Å². The molecule has 0 aliphatic heterocycles. The van der Waals surface area contributed by atoms with Gasteiger partial charge < -0.3 is 10.4 Å². The van der Waals surface area contributed by atoms with E-state index in [4.69, 9.17) is 5.11 Å². The predicted molar refractivity (Wildman–Crippen MR) is 129 cm³/mol. The molecule has 8 nitrogen and oxygen atoms in total. The quantitative estimate of drug-likeness (QED) is 0.467. The Labute approximate surface area is 193 Å². The lowest BCUT2D eigenvalue weighted by atomic mass is 10.1. The summed E-state index contributed by atoms with van der Waals surface area (Å²) in [5.41, 5.74) is 3.10. The summed E-state index contributed by atoms with van der Waals surface area (Å²) in [5, 5.41) is 13.7. The molecule has 0 heterocycles. The van der Waals surface area contributed by atoms with Crippen molar-refractivity contribution in [2.75, 3.05) is 17.2 Å². The first kappa shape index (κ1) is 25.0. The third kappa shape index (κ3) is 9.62. The molecule has 0 aromatic heterocycles. The maximum Gasteiger partial charge on any atom is 0.409 e. The summed E-state index contributed by atoms with van der Waals surface area (Å²) in [4.78, 5) is 23.1. The highest BCUT2D eigenvalue weighted by Gasteiger charge is 2.10. The Hall–Kier alpha value is -4.24. The van der Waals surface area contributed by atoms with Crippen molar-refractivity contribution in [3.8, 4) is 0 Å². The van der Waals surface area contributed by atoms with Crippen LogP contribution < -0.4 is 10.6 Å². The zero-order valence-corrected chi connectivity index (χ0v) is 18.6. The van der Waals surface area contributed by atoms with E-state index in [1.807, 2.05) is 18.2 Å². The molecule has 0 bridgehead atoms. The van der Waals surface area contributed by atoms with Gasteiger partial charge in [-0.15, -0.1) is 0 Å².